The van der Waals surface area contributed by atoms with Gasteiger partial charge in [0.05, 0.1) is 6.33 Å². The third-order valence-electron chi connectivity index (χ3n) is 5.51. The van der Waals surface area contributed by atoms with Gasteiger partial charge in [0.15, 0.2) is 16.8 Å². The zero-order valence-corrected chi connectivity index (χ0v) is 15.5. The first-order chi connectivity index (χ1) is 12.5. The first-order valence-corrected chi connectivity index (χ1v) is 8.92. The van der Waals surface area contributed by atoms with Crippen molar-refractivity contribution in [1.82, 2.24) is 18.7 Å². The van der Waals surface area contributed by atoms with Crippen molar-refractivity contribution < 1.29 is 18.3 Å². The molecule has 2 aromatic heterocycles. The molecule has 1 aliphatic rings. The maximum Gasteiger partial charge on any atom is 0.417 e. The van der Waals surface area contributed by atoms with Gasteiger partial charge in [-0.05, 0) is 45.4 Å². The first-order valence-electron chi connectivity index (χ1n) is 8.92. The highest BCUT2D eigenvalue weighted by Gasteiger charge is 2.54. The molecule has 2 heterocycles. The number of imidazole rings is 1. The Hall–Kier alpha value is -2.10. The molecule has 0 radical (unpaired) electrons. The van der Waals surface area contributed by atoms with Crippen molar-refractivity contribution in [2.75, 3.05) is 0 Å². The molecular formula is C17H23F3N4O3. The van der Waals surface area contributed by atoms with Crippen molar-refractivity contribution in [3.63, 3.8) is 0 Å². The van der Waals surface area contributed by atoms with E-state index < -0.39 is 35.9 Å². The smallest absolute Gasteiger partial charge is 0.380 e. The number of halogens is 3. The molecule has 1 saturated carbocycles. The number of alkyl halides is 3. The normalized spacial score (nSPS) is 24.1. The van der Waals surface area contributed by atoms with Crippen molar-refractivity contribution >= 4 is 11.2 Å². The van der Waals surface area contributed by atoms with E-state index in [2.05, 4.69) is 4.98 Å². The molecule has 0 aromatic carbocycles. The molecule has 0 amide bonds. The number of rotatable bonds is 3. The van der Waals surface area contributed by atoms with Gasteiger partial charge in [-0.25, -0.2) is 9.78 Å². The lowest BCUT2D eigenvalue weighted by molar-refractivity contribution is -0.272. The molecule has 10 heteroatoms. The van der Waals surface area contributed by atoms with Crippen molar-refractivity contribution in [3.8, 4) is 0 Å². The minimum absolute atomic E-state index is 0.0264. The Bertz CT molecular complexity index is 963. The largest absolute Gasteiger partial charge is 0.417 e. The van der Waals surface area contributed by atoms with Crippen LogP contribution in [-0.2, 0) is 13.6 Å². The molecule has 1 N–H and O–H groups in total. The fourth-order valence-corrected chi connectivity index (χ4v) is 3.72. The number of fused-ring (bicyclic) bond motifs is 1. The van der Waals surface area contributed by atoms with Crippen LogP contribution in [0.4, 0.5) is 13.2 Å². The van der Waals surface area contributed by atoms with Gasteiger partial charge in [-0.3, -0.25) is 13.9 Å². The van der Waals surface area contributed by atoms with Gasteiger partial charge < -0.3 is 9.67 Å². The summed E-state index contributed by atoms with van der Waals surface area (Å²) in [5, 5.41) is 9.78. The van der Waals surface area contributed by atoms with E-state index in [4.69, 9.17) is 0 Å². The third-order valence-corrected chi connectivity index (χ3v) is 5.51. The Kier molecular flexibility index (Phi) is 4.73. The maximum absolute atomic E-state index is 13.0. The average molecular weight is 388 g/mol. The van der Waals surface area contributed by atoms with E-state index in [1.807, 2.05) is 13.8 Å². The van der Waals surface area contributed by atoms with Gasteiger partial charge in [0, 0.05) is 19.6 Å². The van der Waals surface area contributed by atoms with Crippen LogP contribution < -0.4 is 11.2 Å². The Morgan fingerprint density at radius 2 is 1.89 bits per heavy atom. The maximum atomic E-state index is 13.0. The van der Waals surface area contributed by atoms with E-state index >= 15 is 0 Å². The third kappa shape index (κ3) is 3.19. The van der Waals surface area contributed by atoms with E-state index in [9.17, 15) is 27.9 Å². The zero-order chi connectivity index (χ0) is 20.1. The SMILES string of the molecule is CC(C)n1cnc2c1c(=O)n(CC1CCC(O)(C(F)(F)F)CC1)c(=O)n2C. The minimum atomic E-state index is -4.67. The van der Waals surface area contributed by atoms with Crippen LogP contribution in [0.15, 0.2) is 15.9 Å². The summed E-state index contributed by atoms with van der Waals surface area (Å²) in [6.45, 7) is 3.79. The second-order valence-corrected chi connectivity index (χ2v) is 7.65. The molecule has 0 unspecified atom stereocenters. The van der Waals surface area contributed by atoms with Gasteiger partial charge in [0.25, 0.3) is 5.56 Å². The number of hydrogen-bond donors (Lipinski definition) is 1. The highest BCUT2D eigenvalue weighted by molar-refractivity contribution is 5.70. The van der Waals surface area contributed by atoms with E-state index in [1.54, 1.807) is 4.57 Å². The molecule has 2 aromatic rings. The molecule has 150 valence electrons. The standard InChI is InChI=1S/C17H23F3N4O3/c1-10(2)24-9-21-13-12(24)14(25)23(15(26)22(13)3)8-11-4-6-16(27,7-5-11)17(18,19)20/h9-11,27H,4-8H2,1-3H3. The summed E-state index contributed by atoms with van der Waals surface area (Å²) in [5.41, 5.74) is -3.13. The molecule has 3 rings (SSSR count). The summed E-state index contributed by atoms with van der Waals surface area (Å²) >= 11 is 0. The van der Waals surface area contributed by atoms with Crippen LogP contribution in [0.1, 0.15) is 45.6 Å². The highest BCUT2D eigenvalue weighted by Crippen LogP contribution is 2.43. The number of aromatic nitrogens is 4. The Balaban J connectivity index is 1.94. The fraction of sp³-hybridized carbons (Fsp3) is 0.706. The van der Waals surface area contributed by atoms with E-state index in [1.165, 1.54) is 17.9 Å². The van der Waals surface area contributed by atoms with E-state index in [0.717, 1.165) is 4.57 Å². The van der Waals surface area contributed by atoms with Crippen molar-refractivity contribution in [2.24, 2.45) is 13.0 Å². The summed E-state index contributed by atoms with van der Waals surface area (Å²) in [6, 6.07) is -0.0369. The Labute approximate surface area is 153 Å². The topological polar surface area (TPSA) is 82.1 Å². The Morgan fingerprint density at radius 1 is 1.30 bits per heavy atom. The predicted octanol–water partition coefficient (Wildman–Crippen LogP) is 1.96. The molecule has 0 atom stereocenters. The second kappa shape index (κ2) is 6.50. The van der Waals surface area contributed by atoms with Crippen molar-refractivity contribution in [1.29, 1.82) is 0 Å². The quantitative estimate of drug-likeness (QED) is 0.872. The molecule has 7 nitrogen and oxygen atoms in total. The number of aliphatic hydroxyl groups is 1. The van der Waals surface area contributed by atoms with Crippen molar-refractivity contribution in [2.45, 2.75) is 63.9 Å². The highest BCUT2D eigenvalue weighted by atomic mass is 19.4. The van der Waals surface area contributed by atoms with Gasteiger partial charge in [-0.1, -0.05) is 0 Å². The number of aryl methyl sites for hydroxylation is 1. The Morgan fingerprint density at radius 3 is 2.41 bits per heavy atom. The van der Waals surface area contributed by atoms with Crippen LogP contribution in [0.2, 0.25) is 0 Å². The van der Waals surface area contributed by atoms with E-state index in [-0.39, 0.29) is 37.0 Å². The van der Waals surface area contributed by atoms with Gasteiger partial charge in [0.2, 0.25) is 0 Å². The molecule has 0 saturated heterocycles. The van der Waals surface area contributed by atoms with Crippen LogP contribution >= 0.6 is 0 Å². The van der Waals surface area contributed by atoms with Crippen LogP contribution in [0.5, 0.6) is 0 Å². The van der Waals surface area contributed by atoms with E-state index in [0.29, 0.717) is 5.52 Å². The van der Waals surface area contributed by atoms with Crippen LogP contribution in [0.25, 0.3) is 11.2 Å². The molecule has 1 aliphatic carbocycles. The molecule has 1 fully saturated rings. The van der Waals surface area contributed by atoms with Crippen molar-refractivity contribution in [3.05, 3.63) is 27.2 Å². The minimum Gasteiger partial charge on any atom is -0.380 e. The summed E-state index contributed by atoms with van der Waals surface area (Å²) in [6.07, 6.45) is -3.84. The number of hydrogen-bond acceptors (Lipinski definition) is 4. The summed E-state index contributed by atoms with van der Waals surface area (Å²) in [5.74, 6) is -0.286. The van der Waals surface area contributed by atoms with Crippen LogP contribution in [0.3, 0.4) is 0 Å². The molecule has 27 heavy (non-hydrogen) atoms. The summed E-state index contributed by atoms with van der Waals surface area (Å²) < 4.78 is 42.9. The van der Waals surface area contributed by atoms with Gasteiger partial charge in [-0.15, -0.1) is 0 Å². The summed E-state index contributed by atoms with van der Waals surface area (Å²) in [7, 11) is 1.52. The average Bonchev–Trinajstić information content (AvgIpc) is 3.03. The lowest BCUT2D eigenvalue weighted by Gasteiger charge is -2.37. The fourth-order valence-electron chi connectivity index (χ4n) is 3.72. The van der Waals surface area contributed by atoms with Gasteiger partial charge in [-0.2, -0.15) is 13.2 Å². The summed E-state index contributed by atoms with van der Waals surface area (Å²) in [4.78, 5) is 29.6. The zero-order valence-electron chi connectivity index (χ0n) is 15.5. The molecule has 0 bridgehead atoms. The predicted molar refractivity (Wildman–Crippen MR) is 92.6 cm³/mol. The molecular weight excluding hydrogens is 365 g/mol. The second-order valence-electron chi connectivity index (χ2n) is 7.65. The van der Waals surface area contributed by atoms with Gasteiger partial charge >= 0.3 is 11.9 Å². The molecule has 0 spiro atoms. The lowest BCUT2D eigenvalue weighted by Crippen LogP contribution is -2.49. The van der Waals surface area contributed by atoms with Crippen LogP contribution in [-0.4, -0.2) is 35.6 Å². The first kappa shape index (κ1) is 19.7. The van der Waals surface area contributed by atoms with Crippen LogP contribution in [0, 0.1) is 5.92 Å². The molecule has 0 aliphatic heterocycles. The van der Waals surface area contributed by atoms with Gasteiger partial charge in [0.1, 0.15) is 0 Å². The monoisotopic (exact) mass is 388 g/mol. The number of nitrogens with zero attached hydrogens (tertiary/aromatic N) is 4. The lowest BCUT2D eigenvalue weighted by atomic mass is 9.78.